The molecule has 0 atom stereocenters. The summed E-state index contributed by atoms with van der Waals surface area (Å²) in [5.74, 6) is 0.902. The van der Waals surface area contributed by atoms with Crippen LogP contribution in [0.4, 0.5) is 15.6 Å². The Kier molecular flexibility index (Phi) is 9.57. The molecule has 0 radical (unpaired) electrons. The van der Waals surface area contributed by atoms with E-state index in [2.05, 4.69) is 25.9 Å². The fourth-order valence-corrected chi connectivity index (χ4v) is 4.61. The Morgan fingerprint density at radius 3 is 2.27 bits per heavy atom. The fraction of sp³-hybridized carbons (Fsp3) is 0.138. The van der Waals surface area contributed by atoms with Gasteiger partial charge in [0.05, 0.1) is 17.7 Å². The van der Waals surface area contributed by atoms with Gasteiger partial charge in [-0.15, -0.1) is 0 Å². The van der Waals surface area contributed by atoms with Crippen molar-refractivity contribution >= 4 is 46.4 Å². The molecule has 0 fully saturated rings. The Morgan fingerprint density at radius 1 is 0.925 bits per heavy atom. The molecule has 0 aliphatic heterocycles. The third kappa shape index (κ3) is 8.50. The van der Waals surface area contributed by atoms with E-state index in [1.807, 2.05) is 66.7 Å². The molecule has 3 aromatic carbocycles. The van der Waals surface area contributed by atoms with E-state index in [1.54, 1.807) is 12.1 Å². The fourth-order valence-electron chi connectivity index (χ4n) is 3.64. The van der Waals surface area contributed by atoms with Crippen molar-refractivity contribution in [2.75, 3.05) is 5.32 Å². The standard InChI is InChI=1S/C29H27N5O5S/c1-19(35)33-28-34-25(16-11-20-7-12-22(13-8-20)31-18-32-29(37)38)26(40-28)27(36)30-17-21-9-14-24(15-10-21)39-23-5-3-2-4-6-23/h2-10,12-15,18H,11,16-17H2,1H3,(H,30,36)(H,31,32)(H,37,38)(H,33,34,35). The first-order valence-electron chi connectivity index (χ1n) is 12.3. The lowest BCUT2D eigenvalue weighted by molar-refractivity contribution is -0.114. The van der Waals surface area contributed by atoms with Gasteiger partial charge in [0.15, 0.2) is 5.13 Å². The summed E-state index contributed by atoms with van der Waals surface area (Å²) in [5, 5.41) is 16.6. The minimum Gasteiger partial charge on any atom is -0.465 e. The van der Waals surface area contributed by atoms with Crippen molar-refractivity contribution in [3.63, 3.8) is 0 Å². The average Bonchev–Trinajstić information content (AvgIpc) is 3.34. The number of thiazole rings is 1. The Bertz CT molecular complexity index is 1490. The number of aryl methyl sites for hydroxylation is 2. The van der Waals surface area contributed by atoms with E-state index in [4.69, 9.17) is 9.84 Å². The van der Waals surface area contributed by atoms with Gasteiger partial charge in [0.2, 0.25) is 5.91 Å². The number of nitrogens with one attached hydrogen (secondary N) is 3. The molecular formula is C29H27N5O5S. The maximum atomic E-state index is 13.1. The monoisotopic (exact) mass is 557 g/mol. The van der Waals surface area contributed by atoms with Gasteiger partial charge >= 0.3 is 6.09 Å². The largest absolute Gasteiger partial charge is 0.465 e. The lowest BCUT2D eigenvalue weighted by atomic mass is 10.1. The van der Waals surface area contributed by atoms with Crippen LogP contribution in [0.25, 0.3) is 0 Å². The smallest absolute Gasteiger partial charge is 0.409 e. The van der Waals surface area contributed by atoms with E-state index < -0.39 is 6.09 Å². The van der Waals surface area contributed by atoms with Crippen molar-refractivity contribution in [1.82, 2.24) is 15.6 Å². The predicted octanol–water partition coefficient (Wildman–Crippen LogP) is 5.54. The Labute approximate surface area is 234 Å². The van der Waals surface area contributed by atoms with Crippen LogP contribution in [0.3, 0.4) is 0 Å². The summed E-state index contributed by atoms with van der Waals surface area (Å²) in [6, 6.07) is 24.2. The Hall–Kier alpha value is -5.03. The Morgan fingerprint density at radius 2 is 1.60 bits per heavy atom. The molecule has 0 bridgehead atoms. The molecule has 1 aromatic heterocycles. The van der Waals surface area contributed by atoms with Gasteiger partial charge < -0.3 is 20.5 Å². The van der Waals surface area contributed by atoms with Crippen molar-refractivity contribution in [2.24, 2.45) is 4.99 Å². The molecule has 0 aliphatic carbocycles. The molecule has 4 rings (SSSR count). The summed E-state index contributed by atoms with van der Waals surface area (Å²) in [5.41, 5.74) is 3.08. The maximum absolute atomic E-state index is 13.1. The number of hydrogen-bond acceptors (Lipinski definition) is 7. The molecule has 0 unspecified atom stereocenters. The van der Waals surface area contributed by atoms with Crippen LogP contribution in [0.15, 0.2) is 83.9 Å². The minimum atomic E-state index is -1.19. The van der Waals surface area contributed by atoms with E-state index in [1.165, 1.54) is 6.92 Å². The number of anilines is 1. The second-order valence-electron chi connectivity index (χ2n) is 8.59. The number of nitrogens with zero attached hydrogens (tertiary/aromatic N) is 2. The average molecular weight is 558 g/mol. The van der Waals surface area contributed by atoms with Crippen LogP contribution in [0.2, 0.25) is 0 Å². The summed E-state index contributed by atoms with van der Waals surface area (Å²) in [4.78, 5) is 44.1. The second-order valence-corrected chi connectivity index (χ2v) is 9.59. The third-order valence-corrected chi connectivity index (χ3v) is 6.54. The number of amides is 3. The van der Waals surface area contributed by atoms with Crippen molar-refractivity contribution in [3.05, 3.63) is 101 Å². The molecule has 0 aliphatic rings. The zero-order valence-corrected chi connectivity index (χ0v) is 22.4. The van der Waals surface area contributed by atoms with Gasteiger partial charge in [-0.05, 0) is 60.4 Å². The topological polar surface area (TPSA) is 142 Å². The van der Waals surface area contributed by atoms with Crippen LogP contribution >= 0.6 is 11.3 Å². The van der Waals surface area contributed by atoms with Crippen LogP contribution in [-0.4, -0.2) is 34.3 Å². The highest BCUT2D eigenvalue weighted by molar-refractivity contribution is 7.17. The number of para-hydroxylation sites is 1. The molecule has 204 valence electrons. The summed E-state index contributed by atoms with van der Waals surface area (Å²) < 4.78 is 5.81. The number of rotatable bonds is 11. The van der Waals surface area contributed by atoms with Gasteiger partial charge in [0.1, 0.15) is 16.4 Å². The number of hydrogen-bond donors (Lipinski definition) is 4. The van der Waals surface area contributed by atoms with Gasteiger partial charge in [-0.3, -0.25) is 14.9 Å². The number of carboxylic acid groups (broad SMARTS) is 1. The summed E-state index contributed by atoms with van der Waals surface area (Å²) in [7, 11) is 0. The van der Waals surface area contributed by atoms with E-state index in [9.17, 15) is 14.4 Å². The molecule has 10 nitrogen and oxygen atoms in total. The van der Waals surface area contributed by atoms with Gasteiger partial charge in [0, 0.05) is 13.5 Å². The second kappa shape index (κ2) is 13.7. The summed E-state index contributed by atoms with van der Waals surface area (Å²) in [6.07, 6.45) is 0.999. The van der Waals surface area contributed by atoms with Gasteiger partial charge in [-0.25, -0.2) is 14.8 Å². The first-order valence-corrected chi connectivity index (χ1v) is 13.2. The molecule has 11 heteroatoms. The maximum Gasteiger partial charge on any atom is 0.409 e. The van der Waals surface area contributed by atoms with E-state index in [0.717, 1.165) is 34.6 Å². The number of ether oxygens (including phenoxy) is 1. The highest BCUT2D eigenvalue weighted by Crippen LogP contribution is 2.26. The molecule has 40 heavy (non-hydrogen) atoms. The van der Waals surface area contributed by atoms with Crippen LogP contribution in [-0.2, 0) is 24.2 Å². The molecule has 4 N–H and O–H groups in total. The Balaban J connectivity index is 1.37. The molecule has 0 spiro atoms. The summed E-state index contributed by atoms with van der Waals surface area (Å²) in [6.45, 7) is 1.71. The van der Waals surface area contributed by atoms with Gasteiger partial charge in [-0.1, -0.05) is 53.8 Å². The van der Waals surface area contributed by atoms with Crippen LogP contribution in [0.5, 0.6) is 11.5 Å². The van der Waals surface area contributed by atoms with Crippen molar-refractivity contribution in [3.8, 4) is 11.5 Å². The molecular weight excluding hydrogens is 530 g/mol. The molecule has 0 saturated carbocycles. The molecule has 3 amide bonds. The van der Waals surface area contributed by atoms with E-state index >= 15 is 0 Å². The number of carbonyl (C=O) groups is 3. The van der Waals surface area contributed by atoms with Crippen molar-refractivity contribution in [1.29, 1.82) is 0 Å². The predicted molar refractivity (Wildman–Crippen MR) is 154 cm³/mol. The third-order valence-electron chi connectivity index (χ3n) is 5.53. The van der Waals surface area contributed by atoms with Crippen LogP contribution in [0.1, 0.15) is 33.4 Å². The van der Waals surface area contributed by atoms with E-state index in [0.29, 0.717) is 46.5 Å². The van der Waals surface area contributed by atoms with Crippen LogP contribution in [0, 0.1) is 0 Å². The number of carbonyl (C=O) groups excluding carboxylic acids is 2. The molecule has 0 saturated heterocycles. The highest BCUT2D eigenvalue weighted by atomic mass is 32.1. The highest BCUT2D eigenvalue weighted by Gasteiger charge is 2.19. The first-order chi connectivity index (χ1) is 19.4. The first kappa shape index (κ1) is 28.0. The van der Waals surface area contributed by atoms with Crippen molar-refractivity contribution in [2.45, 2.75) is 26.3 Å². The lowest BCUT2D eigenvalue weighted by Crippen LogP contribution is -2.23. The zero-order chi connectivity index (χ0) is 28.3. The minimum absolute atomic E-state index is 0.265. The van der Waals surface area contributed by atoms with Gasteiger partial charge in [-0.2, -0.15) is 0 Å². The van der Waals surface area contributed by atoms with Crippen molar-refractivity contribution < 1.29 is 24.2 Å². The number of aromatic nitrogens is 1. The molecule has 1 heterocycles. The lowest BCUT2D eigenvalue weighted by Gasteiger charge is -2.08. The molecule has 4 aromatic rings. The number of benzene rings is 3. The SMILES string of the molecule is CC(=O)Nc1nc(CCc2ccc(N=CNC(=O)O)cc2)c(C(=O)NCc2ccc(Oc3ccccc3)cc2)s1. The van der Waals surface area contributed by atoms with Crippen LogP contribution < -0.4 is 20.7 Å². The van der Waals surface area contributed by atoms with E-state index in [-0.39, 0.29) is 11.8 Å². The number of aliphatic imine (C=N–C) groups is 1. The quantitative estimate of drug-likeness (QED) is 0.141. The normalized spacial score (nSPS) is 10.7. The zero-order valence-electron chi connectivity index (χ0n) is 21.6. The summed E-state index contributed by atoms with van der Waals surface area (Å²) >= 11 is 1.13. The van der Waals surface area contributed by atoms with Gasteiger partial charge in [0.25, 0.3) is 5.91 Å².